The van der Waals surface area contributed by atoms with Crippen LogP contribution in [-0.2, 0) is 18.1 Å². The number of para-hydroxylation sites is 4. The number of nitrogens with zero attached hydrogens (tertiary/aromatic N) is 1. The fourth-order valence-electron chi connectivity index (χ4n) is 4.21. The van der Waals surface area contributed by atoms with Gasteiger partial charge >= 0.3 is 177 Å². The van der Waals surface area contributed by atoms with Crippen LogP contribution in [0, 0.1) is 0 Å². The van der Waals surface area contributed by atoms with E-state index in [4.69, 9.17) is 31.7 Å². The number of pyridine rings is 1. The van der Waals surface area contributed by atoms with Gasteiger partial charge < -0.3 is 0 Å². The van der Waals surface area contributed by atoms with Gasteiger partial charge in [0.15, 0.2) is 0 Å². The Hall–Kier alpha value is -2.67. The van der Waals surface area contributed by atoms with Gasteiger partial charge in [0.2, 0.25) is 0 Å². The maximum atomic E-state index is 13.6. The Balaban J connectivity index is 1.70. The minimum atomic E-state index is -5.85. The molecule has 0 N–H and O–H groups in total. The monoisotopic (exact) mass is 463 g/mol. The van der Waals surface area contributed by atoms with Gasteiger partial charge in [-0.3, -0.25) is 0 Å². The predicted molar refractivity (Wildman–Crippen MR) is 110 cm³/mol. The van der Waals surface area contributed by atoms with Crippen LogP contribution in [0.2, 0.25) is 0 Å². The van der Waals surface area contributed by atoms with E-state index in [9.17, 15) is 4.57 Å². The van der Waals surface area contributed by atoms with Crippen LogP contribution >= 0.6 is 14.8 Å². The van der Waals surface area contributed by atoms with E-state index < -0.39 is 20.7 Å². The first-order valence-corrected chi connectivity index (χ1v) is 13.3. The van der Waals surface area contributed by atoms with E-state index >= 15 is 0 Å². The van der Waals surface area contributed by atoms with Crippen molar-refractivity contribution in [2.45, 2.75) is 5.85 Å². The molecule has 0 amide bonds. The van der Waals surface area contributed by atoms with Crippen LogP contribution in [0.5, 0.6) is 23.0 Å². The van der Waals surface area contributed by atoms with Crippen molar-refractivity contribution in [2.24, 2.45) is 0 Å². The standard InChI is InChI=1S/C20H19NO8P2/c1-23-30(22,24-2)20-15-9-7-8-14-21(15)31(29-20,25-16-10-3-4-11-17(16)26-31)27-18-12-5-6-13-19(18)28-31/h3-14,20H,1-2H3. The minimum absolute atomic E-state index is 0.360. The number of hydrogen-bond donors (Lipinski definition) is 0. The Kier molecular flexibility index (Phi) is 3.42. The first-order valence-electron chi connectivity index (χ1n) is 9.50. The normalized spacial score (nSPS) is 24.8. The molecule has 0 saturated carbocycles. The summed E-state index contributed by atoms with van der Waals surface area (Å²) in [6.45, 7) is 0. The Morgan fingerprint density at radius 2 is 1.23 bits per heavy atom. The van der Waals surface area contributed by atoms with E-state index in [0.29, 0.717) is 28.7 Å². The van der Waals surface area contributed by atoms with Gasteiger partial charge in [-0.2, -0.15) is 0 Å². The molecule has 0 saturated heterocycles. The molecule has 162 valence electrons. The van der Waals surface area contributed by atoms with E-state index in [0.717, 1.165) is 0 Å². The fraction of sp³-hybridized carbons (Fsp3) is 0.150. The Morgan fingerprint density at radius 1 is 0.774 bits per heavy atom. The molecule has 0 radical (unpaired) electrons. The molecular weight excluding hydrogens is 444 g/mol. The van der Waals surface area contributed by atoms with E-state index in [-0.39, 0.29) is 0 Å². The van der Waals surface area contributed by atoms with E-state index in [1.807, 2.05) is 0 Å². The van der Waals surface area contributed by atoms with Gasteiger partial charge in [0.1, 0.15) is 0 Å². The molecule has 0 aliphatic carbocycles. The molecular formula is C20H19NO8P2. The van der Waals surface area contributed by atoms with E-state index in [2.05, 4.69) is 0 Å². The third-order valence-corrected chi connectivity index (χ3v) is 11.9. The average Bonchev–Trinajstić information content (AvgIpc) is 3.37. The van der Waals surface area contributed by atoms with Gasteiger partial charge in [0.05, 0.1) is 0 Å². The fourth-order valence-corrected chi connectivity index (χ4v) is 11.0. The summed E-state index contributed by atoms with van der Waals surface area (Å²) < 4.78 is 58.1. The van der Waals surface area contributed by atoms with Crippen LogP contribution in [0.1, 0.15) is 11.5 Å². The summed E-state index contributed by atoms with van der Waals surface area (Å²) >= 11 is 0. The quantitative estimate of drug-likeness (QED) is 0.510. The summed E-state index contributed by atoms with van der Waals surface area (Å²) in [7, 11) is -7.12. The van der Waals surface area contributed by atoms with E-state index in [1.165, 1.54) is 18.6 Å². The van der Waals surface area contributed by atoms with Crippen molar-refractivity contribution in [2.75, 3.05) is 14.2 Å². The molecule has 2 aromatic carbocycles. The van der Waals surface area contributed by atoms with Gasteiger partial charge in [-0.15, -0.1) is 0 Å². The molecule has 1 atom stereocenters. The van der Waals surface area contributed by atoms with Crippen molar-refractivity contribution in [1.82, 2.24) is 0 Å². The molecule has 1 spiro atoms. The Labute approximate surface area is 177 Å². The molecule has 9 nitrogen and oxygen atoms in total. The SMILES string of the molecule is COP(=O)(OC)C1O[P-]23(Oc4ccccc4O2)(Oc2ccccc2O3)[n+]2ccccc21. The van der Waals surface area contributed by atoms with Crippen LogP contribution in [0.15, 0.2) is 72.9 Å². The van der Waals surface area contributed by atoms with Crippen LogP contribution < -0.4 is 22.4 Å². The van der Waals surface area contributed by atoms with Crippen molar-refractivity contribution in [3.8, 4) is 23.0 Å². The second-order valence-electron chi connectivity index (χ2n) is 7.25. The molecule has 3 aromatic rings. The van der Waals surface area contributed by atoms with Gasteiger partial charge in [0, 0.05) is 0 Å². The molecule has 6 rings (SSSR count). The zero-order valence-corrected chi connectivity index (χ0v) is 18.4. The van der Waals surface area contributed by atoms with Crippen molar-refractivity contribution >= 4 is 14.8 Å². The summed E-state index contributed by atoms with van der Waals surface area (Å²) in [5.41, 5.74) is 0.394. The third kappa shape index (κ3) is 2.10. The van der Waals surface area contributed by atoms with Gasteiger partial charge in [-0.1, -0.05) is 0 Å². The third-order valence-electron chi connectivity index (χ3n) is 5.53. The topological polar surface area (TPSA) is 85.6 Å². The summed E-state index contributed by atoms with van der Waals surface area (Å²) in [5.74, 6) is 0.191. The van der Waals surface area contributed by atoms with E-state index in [1.54, 1.807) is 72.9 Å². The second-order valence-corrected chi connectivity index (χ2v) is 13.2. The summed E-state index contributed by atoms with van der Waals surface area (Å²) in [5, 5.41) is 0. The van der Waals surface area contributed by atoms with Crippen molar-refractivity contribution in [3.63, 3.8) is 0 Å². The van der Waals surface area contributed by atoms with Gasteiger partial charge in [0.25, 0.3) is 0 Å². The molecule has 0 bridgehead atoms. The summed E-state index contributed by atoms with van der Waals surface area (Å²) in [4.78, 5) is 0. The zero-order valence-electron chi connectivity index (χ0n) is 16.6. The molecule has 4 heterocycles. The maximum absolute atomic E-state index is 13.6. The van der Waals surface area contributed by atoms with Crippen molar-refractivity contribution in [3.05, 3.63) is 78.6 Å². The summed E-state index contributed by atoms with van der Waals surface area (Å²) in [6, 6.07) is 19.3. The molecule has 1 unspecified atom stereocenters. The number of aromatic nitrogens is 1. The van der Waals surface area contributed by atoms with Gasteiger partial charge in [-0.05, 0) is 0 Å². The van der Waals surface area contributed by atoms with Crippen molar-refractivity contribution < 1.29 is 40.6 Å². The molecule has 3 aliphatic rings. The average molecular weight is 463 g/mol. The Bertz CT molecular complexity index is 1190. The number of fused-ring (bicyclic) bond motifs is 3. The molecule has 31 heavy (non-hydrogen) atoms. The molecule has 0 fully saturated rings. The van der Waals surface area contributed by atoms with Gasteiger partial charge in [-0.25, -0.2) is 0 Å². The first-order chi connectivity index (χ1) is 14.9. The van der Waals surface area contributed by atoms with Crippen LogP contribution in [0.3, 0.4) is 0 Å². The molecule has 3 aliphatic heterocycles. The number of hydrogen-bond acceptors (Lipinski definition) is 8. The van der Waals surface area contributed by atoms with Crippen LogP contribution in [0.4, 0.5) is 0 Å². The number of benzene rings is 2. The van der Waals surface area contributed by atoms with Crippen LogP contribution in [0.25, 0.3) is 0 Å². The zero-order chi connectivity index (χ0) is 21.4. The Morgan fingerprint density at radius 3 is 1.68 bits per heavy atom. The summed E-state index contributed by atoms with van der Waals surface area (Å²) in [6.07, 6.45) is 1.65. The predicted octanol–water partition coefficient (Wildman–Crippen LogP) is 4.86. The van der Waals surface area contributed by atoms with Crippen molar-refractivity contribution in [1.29, 1.82) is 0 Å². The molecule has 1 aromatic heterocycles. The first kappa shape index (κ1) is 19.0. The number of rotatable bonds is 3. The second kappa shape index (κ2) is 5.57. The van der Waals surface area contributed by atoms with Crippen LogP contribution in [-0.4, -0.2) is 14.2 Å². The molecule has 11 heteroatoms.